The number of carboxylic acid groups (broad SMARTS) is 1. The molecule has 0 aromatic heterocycles. The van der Waals surface area contributed by atoms with Gasteiger partial charge in [-0.25, -0.2) is 4.79 Å². The van der Waals surface area contributed by atoms with Gasteiger partial charge in [-0.1, -0.05) is 0 Å². The molecular weight excluding hydrogens is 184 g/mol. The molecule has 5 N–H and O–H groups in total. The van der Waals surface area contributed by atoms with Crippen molar-refractivity contribution in [3.8, 4) is 0 Å². The molecule has 82 valence electrons. The zero-order valence-electron chi connectivity index (χ0n) is 8.62. The molecule has 0 aliphatic heterocycles. The smallest absolute Gasteiger partial charge is 0.331 e. The number of hydrogen-bond acceptors (Lipinski definition) is 4. The van der Waals surface area contributed by atoms with Crippen molar-refractivity contribution in [1.29, 1.82) is 0 Å². The molecule has 0 fully saturated rings. The first-order chi connectivity index (χ1) is 6.21. The van der Waals surface area contributed by atoms with Crippen LogP contribution in [0, 0.1) is 0 Å². The van der Waals surface area contributed by atoms with Gasteiger partial charge in [0.2, 0.25) is 0 Å². The quantitative estimate of drug-likeness (QED) is 0.411. The van der Waals surface area contributed by atoms with Crippen LogP contribution in [0.15, 0.2) is 0 Å². The van der Waals surface area contributed by atoms with Gasteiger partial charge in [-0.05, 0) is 33.1 Å². The van der Waals surface area contributed by atoms with Crippen molar-refractivity contribution in [3.05, 3.63) is 0 Å². The van der Waals surface area contributed by atoms with Gasteiger partial charge < -0.3 is 21.4 Å². The van der Waals surface area contributed by atoms with Crippen LogP contribution in [0.1, 0.15) is 33.1 Å². The molecule has 1 unspecified atom stereocenters. The van der Waals surface area contributed by atoms with E-state index in [1.165, 1.54) is 0 Å². The topological polar surface area (TPSA) is 106 Å². The van der Waals surface area contributed by atoms with Crippen LogP contribution in [0.25, 0.3) is 0 Å². The van der Waals surface area contributed by atoms with E-state index in [0.29, 0.717) is 12.8 Å². The highest BCUT2D eigenvalue weighted by atomic mass is 16.4. The first-order valence-electron chi connectivity index (χ1n) is 4.49. The lowest BCUT2D eigenvalue weighted by atomic mass is 9.91. The fraction of sp³-hybridized carbons (Fsp3) is 0.778. The van der Waals surface area contributed by atoms with E-state index in [4.69, 9.17) is 16.6 Å². The van der Waals surface area contributed by atoms with Gasteiger partial charge >= 0.3 is 5.97 Å². The van der Waals surface area contributed by atoms with E-state index in [0.717, 1.165) is 0 Å². The zero-order valence-corrected chi connectivity index (χ0v) is 8.62. The number of nitrogens with two attached hydrogens (primary N) is 2. The van der Waals surface area contributed by atoms with Crippen LogP contribution in [0.4, 0.5) is 0 Å². The van der Waals surface area contributed by atoms with E-state index >= 15 is 0 Å². The largest absolute Gasteiger partial charge is 0.480 e. The summed E-state index contributed by atoms with van der Waals surface area (Å²) in [7, 11) is 0. The van der Waals surface area contributed by atoms with E-state index in [1.54, 1.807) is 0 Å². The van der Waals surface area contributed by atoms with Crippen LogP contribution < -0.4 is 11.5 Å². The summed E-state index contributed by atoms with van der Waals surface area (Å²) in [6, 6.07) is 0. The highest BCUT2D eigenvalue weighted by molar-refractivity contribution is 5.96. The average Bonchev–Trinajstić information content (AvgIpc) is 2.01. The van der Waals surface area contributed by atoms with Crippen molar-refractivity contribution in [2.24, 2.45) is 11.5 Å². The van der Waals surface area contributed by atoms with Crippen LogP contribution in [-0.4, -0.2) is 28.4 Å². The SMILES string of the molecule is CC(C)(N)CCCC(N)(C=O)C(=O)O. The predicted molar refractivity (Wildman–Crippen MR) is 52.7 cm³/mol. The molecule has 0 radical (unpaired) electrons. The number of carbonyl (C=O) groups is 2. The molecule has 0 spiro atoms. The maximum absolute atomic E-state index is 10.6. The van der Waals surface area contributed by atoms with E-state index in [9.17, 15) is 9.59 Å². The van der Waals surface area contributed by atoms with Gasteiger partial charge in [0.25, 0.3) is 0 Å². The Bertz CT molecular complexity index is 223. The van der Waals surface area contributed by atoms with Crippen molar-refractivity contribution in [2.45, 2.75) is 44.2 Å². The molecule has 0 aliphatic rings. The Hall–Kier alpha value is -0.940. The molecule has 0 heterocycles. The molecule has 14 heavy (non-hydrogen) atoms. The minimum Gasteiger partial charge on any atom is -0.480 e. The van der Waals surface area contributed by atoms with Crippen LogP contribution >= 0.6 is 0 Å². The summed E-state index contributed by atoms with van der Waals surface area (Å²) in [6.45, 7) is 3.68. The van der Waals surface area contributed by atoms with Gasteiger partial charge in [0, 0.05) is 5.54 Å². The van der Waals surface area contributed by atoms with Crippen LogP contribution in [0.2, 0.25) is 0 Å². The van der Waals surface area contributed by atoms with Crippen molar-refractivity contribution in [2.75, 3.05) is 0 Å². The predicted octanol–water partition coefficient (Wildman–Crippen LogP) is -0.125. The molecule has 0 saturated carbocycles. The molecule has 0 aromatic carbocycles. The van der Waals surface area contributed by atoms with Crippen molar-refractivity contribution >= 4 is 12.3 Å². The Kier molecular flexibility index (Phi) is 4.22. The third-order valence-corrected chi connectivity index (χ3v) is 2.02. The van der Waals surface area contributed by atoms with Gasteiger partial charge in [-0.15, -0.1) is 0 Å². The van der Waals surface area contributed by atoms with Gasteiger partial charge in [-0.3, -0.25) is 0 Å². The van der Waals surface area contributed by atoms with Gasteiger partial charge in [0.1, 0.15) is 0 Å². The lowest BCUT2D eigenvalue weighted by Crippen LogP contribution is -2.49. The summed E-state index contributed by atoms with van der Waals surface area (Å²) >= 11 is 0. The summed E-state index contributed by atoms with van der Waals surface area (Å²) in [5.41, 5.74) is 8.95. The molecule has 1 atom stereocenters. The van der Waals surface area contributed by atoms with E-state index in [1.807, 2.05) is 13.8 Å². The minimum atomic E-state index is -1.76. The van der Waals surface area contributed by atoms with Crippen LogP contribution in [0.5, 0.6) is 0 Å². The summed E-state index contributed by atoms with van der Waals surface area (Å²) in [5, 5.41) is 8.67. The fourth-order valence-electron chi connectivity index (χ4n) is 1.05. The molecule has 0 amide bonds. The normalized spacial score (nSPS) is 16.0. The number of carbonyl (C=O) groups excluding carboxylic acids is 1. The molecule has 0 aromatic rings. The van der Waals surface area contributed by atoms with E-state index in [2.05, 4.69) is 0 Å². The third kappa shape index (κ3) is 4.34. The Morgan fingerprint density at radius 2 is 1.86 bits per heavy atom. The van der Waals surface area contributed by atoms with Gasteiger partial charge in [0.15, 0.2) is 11.8 Å². The van der Waals surface area contributed by atoms with Crippen LogP contribution in [-0.2, 0) is 9.59 Å². The summed E-state index contributed by atoms with van der Waals surface area (Å²) in [6.07, 6.45) is 1.55. The maximum atomic E-state index is 10.6. The molecular formula is C9H18N2O3. The van der Waals surface area contributed by atoms with Gasteiger partial charge in [-0.2, -0.15) is 0 Å². The second kappa shape index (κ2) is 4.52. The monoisotopic (exact) mass is 202 g/mol. The van der Waals surface area contributed by atoms with Crippen molar-refractivity contribution < 1.29 is 14.7 Å². The second-order valence-corrected chi connectivity index (χ2v) is 4.31. The first-order valence-corrected chi connectivity index (χ1v) is 4.49. The van der Waals surface area contributed by atoms with Gasteiger partial charge in [0.05, 0.1) is 0 Å². The standard InChI is InChI=1S/C9H18N2O3/c1-8(2,10)4-3-5-9(11,6-12)7(13)14/h6H,3-5,10-11H2,1-2H3,(H,13,14). The minimum absolute atomic E-state index is 0.118. The maximum Gasteiger partial charge on any atom is 0.331 e. The third-order valence-electron chi connectivity index (χ3n) is 2.02. The average molecular weight is 202 g/mol. The molecule has 5 nitrogen and oxygen atoms in total. The molecule has 0 saturated heterocycles. The number of aldehydes is 1. The Morgan fingerprint density at radius 1 is 1.36 bits per heavy atom. The summed E-state index contributed by atoms with van der Waals surface area (Å²) in [5.74, 6) is -1.29. The molecule has 0 rings (SSSR count). The summed E-state index contributed by atoms with van der Waals surface area (Å²) in [4.78, 5) is 21.1. The zero-order chi connectivity index (χ0) is 11.4. The fourth-order valence-corrected chi connectivity index (χ4v) is 1.05. The highest BCUT2D eigenvalue weighted by Gasteiger charge is 2.33. The Labute approximate surface area is 83.5 Å². The summed E-state index contributed by atoms with van der Waals surface area (Å²) < 4.78 is 0. The molecule has 0 bridgehead atoms. The molecule has 0 aliphatic carbocycles. The molecule has 5 heteroatoms. The Balaban J connectivity index is 4.10. The number of aliphatic carboxylic acids is 1. The second-order valence-electron chi connectivity index (χ2n) is 4.31. The number of carboxylic acids is 1. The highest BCUT2D eigenvalue weighted by Crippen LogP contribution is 2.14. The van der Waals surface area contributed by atoms with Crippen molar-refractivity contribution in [3.63, 3.8) is 0 Å². The van der Waals surface area contributed by atoms with Crippen molar-refractivity contribution in [1.82, 2.24) is 0 Å². The number of hydrogen-bond donors (Lipinski definition) is 3. The number of rotatable bonds is 6. The lowest BCUT2D eigenvalue weighted by Gasteiger charge is -2.21. The first kappa shape index (κ1) is 13.1. The van der Waals surface area contributed by atoms with Crippen LogP contribution in [0.3, 0.4) is 0 Å². The van der Waals surface area contributed by atoms with E-state index < -0.39 is 11.5 Å². The lowest BCUT2D eigenvalue weighted by molar-refractivity contribution is -0.145. The van der Waals surface area contributed by atoms with E-state index in [-0.39, 0.29) is 18.2 Å². The Morgan fingerprint density at radius 3 is 2.14 bits per heavy atom.